The summed E-state index contributed by atoms with van der Waals surface area (Å²) in [6.07, 6.45) is 9.49. The second kappa shape index (κ2) is 8.15. The maximum atomic E-state index is 13.0. The summed E-state index contributed by atoms with van der Waals surface area (Å²) < 4.78 is 9.65. The maximum Gasteiger partial charge on any atom is 0.261 e. The first-order valence-electron chi connectivity index (χ1n) is 11.2. The van der Waals surface area contributed by atoms with Gasteiger partial charge in [-0.3, -0.25) is 14.9 Å². The molecule has 0 saturated carbocycles. The molecule has 0 bridgehead atoms. The number of imidazole rings is 1. The van der Waals surface area contributed by atoms with Crippen LogP contribution in [0.15, 0.2) is 78.0 Å². The Balaban J connectivity index is 1.42. The van der Waals surface area contributed by atoms with E-state index in [1.54, 1.807) is 12.3 Å². The first-order chi connectivity index (χ1) is 16.7. The van der Waals surface area contributed by atoms with Gasteiger partial charge in [-0.1, -0.05) is 35.5 Å². The summed E-state index contributed by atoms with van der Waals surface area (Å²) in [6.45, 7) is 1.69. The number of hydrogen-bond acceptors (Lipinski definition) is 5. The van der Waals surface area contributed by atoms with Gasteiger partial charge in [0, 0.05) is 53.5 Å². The average Bonchev–Trinajstić information content (AvgIpc) is 3.63. The van der Waals surface area contributed by atoms with Gasteiger partial charge in [-0.05, 0) is 31.0 Å². The molecule has 0 fully saturated rings. The number of para-hydroxylation sites is 2. The number of imide groups is 1. The molecule has 0 saturated heterocycles. The molecule has 0 radical (unpaired) electrons. The lowest BCUT2D eigenvalue weighted by Crippen LogP contribution is -2.22. The highest BCUT2D eigenvalue weighted by molar-refractivity contribution is 6.50. The minimum Gasteiger partial charge on any atom is -0.356 e. The molecular formula is C26H21N5O3. The smallest absolute Gasteiger partial charge is 0.261 e. The quantitative estimate of drug-likeness (QED) is 0.298. The van der Waals surface area contributed by atoms with Gasteiger partial charge in [0.05, 0.1) is 17.5 Å². The van der Waals surface area contributed by atoms with Crippen molar-refractivity contribution >= 4 is 44.8 Å². The Morgan fingerprint density at radius 2 is 1.65 bits per heavy atom. The summed E-state index contributed by atoms with van der Waals surface area (Å²) in [7, 11) is 0. The van der Waals surface area contributed by atoms with Gasteiger partial charge in [0.2, 0.25) is 0 Å². The molecule has 2 amide bonds. The highest BCUT2D eigenvalue weighted by atomic mass is 16.5. The summed E-state index contributed by atoms with van der Waals surface area (Å²) in [5.41, 5.74) is 3.26. The minimum atomic E-state index is -0.462. The number of benzene rings is 2. The van der Waals surface area contributed by atoms with E-state index in [0.717, 1.165) is 42.4 Å². The average molecular weight is 451 g/mol. The number of aryl methyl sites for hydroxylation is 2. The molecule has 168 valence electrons. The minimum absolute atomic E-state index is 0.248. The monoisotopic (exact) mass is 451 g/mol. The largest absolute Gasteiger partial charge is 0.356 e. The summed E-state index contributed by atoms with van der Waals surface area (Å²) in [4.78, 5) is 30.0. The second-order valence-electron chi connectivity index (χ2n) is 8.32. The van der Waals surface area contributed by atoms with Crippen molar-refractivity contribution in [3.05, 3.63) is 84.7 Å². The Labute approximate surface area is 194 Å². The van der Waals surface area contributed by atoms with Crippen LogP contribution < -0.4 is 5.32 Å². The third-order valence-corrected chi connectivity index (χ3v) is 6.23. The molecule has 2 aromatic carbocycles. The van der Waals surface area contributed by atoms with Crippen LogP contribution in [0.5, 0.6) is 0 Å². The standard InChI is InChI=1S/C26H21N5O3/c32-25-22(23(26(33)28-25)24-18-8-2-4-10-21(18)34-29-24)19-15-31(20-9-3-1-7-17(19)20)13-6-5-12-30-14-11-27-16-30/h1-4,7-11,14-16H,5-6,12-13H2,(H,28,32,33). The van der Waals surface area contributed by atoms with E-state index in [0.29, 0.717) is 22.2 Å². The number of unbranched alkanes of at least 4 members (excludes halogenated alkanes) is 1. The highest BCUT2D eigenvalue weighted by Gasteiger charge is 2.36. The molecule has 0 atom stereocenters. The van der Waals surface area contributed by atoms with Crippen molar-refractivity contribution in [1.82, 2.24) is 24.6 Å². The predicted molar refractivity (Wildman–Crippen MR) is 127 cm³/mol. The summed E-state index contributed by atoms with van der Waals surface area (Å²) in [6, 6.07) is 15.3. The van der Waals surface area contributed by atoms with Crippen molar-refractivity contribution in [2.24, 2.45) is 0 Å². The number of carbonyl (C=O) groups is 2. The number of nitrogens with one attached hydrogen (secondary N) is 1. The lowest BCUT2D eigenvalue weighted by Gasteiger charge is -2.06. The maximum absolute atomic E-state index is 13.0. The molecule has 8 heteroatoms. The van der Waals surface area contributed by atoms with Crippen LogP contribution in [0.2, 0.25) is 0 Å². The Bertz CT molecular complexity index is 1570. The molecule has 6 rings (SSSR count). The topological polar surface area (TPSA) is 95.0 Å². The van der Waals surface area contributed by atoms with Crippen LogP contribution in [0.25, 0.3) is 33.0 Å². The number of nitrogens with zero attached hydrogens (tertiary/aromatic N) is 4. The van der Waals surface area contributed by atoms with Crippen LogP contribution >= 0.6 is 0 Å². The predicted octanol–water partition coefficient (Wildman–Crippen LogP) is 4.03. The molecule has 34 heavy (non-hydrogen) atoms. The summed E-state index contributed by atoms with van der Waals surface area (Å²) in [5, 5.41) is 8.22. The zero-order chi connectivity index (χ0) is 23.1. The Morgan fingerprint density at radius 3 is 2.50 bits per heavy atom. The van der Waals surface area contributed by atoms with Gasteiger partial charge >= 0.3 is 0 Å². The zero-order valence-electron chi connectivity index (χ0n) is 18.3. The van der Waals surface area contributed by atoms with E-state index >= 15 is 0 Å². The van der Waals surface area contributed by atoms with E-state index in [4.69, 9.17) is 4.52 Å². The molecule has 5 aromatic rings. The van der Waals surface area contributed by atoms with E-state index in [-0.39, 0.29) is 5.57 Å². The SMILES string of the molecule is O=C1NC(=O)C(c2cn(CCCCn3ccnc3)c3ccccc23)=C1c1noc2ccccc12. The first-order valence-corrected chi connectivity index (χ1v) is 11.2. The molecule has 0 aliphatic carbocycles. The molecule has 0 unspecified atom stereocenters. The normalized spacial score (nSPS) is 14.0. The molecule has 3 aromatic heterocycles. The number of aromatic nitrogens is 4. The Kier molecular flexibility index (Phi) is 4.83. The van der Waals surface area contributed by atoms with E-state index in [2.05, 4.69) is 24.6 Å². The fourth-order valence-corrected chi connectivity index (χ4v) is 4.63. The van der Waals surface area contributed by atoms with Gasteiger partial charge in [0.1, 0.15) is 5.69 Å². The van der Waals surface area contributed by atoms with E-state index in [1.807, 2.05) is 61.2 Å². The van der Waals surface area contributed by atoms with Crippen molar-refractivity contribution in [3.8, 4) is 0 Å². The molecular weight excluding hydrogens is 430 g/mol. The van der Waals surface area contributed by atoms with Crippen LogP contribution in [0.1, 0.15) is 24.1 Å². The van der Waals surface area contributed by atoms with Gasteiger partial charge in [0.15, 0.2) is 5.58 Å². The fourth-order valence-electron chi connectivity index (χ4n) is 4.63. The van der Waals surface area contributed by atoms with E-state index in [9.17, 15) is 9.59 Å². The van der Waals surface area contributed by atoms with Crippen molar-refractivity contribution in [1.29, 1.82) is 0 Å². The van der Waals surface area contributed by atoms with Crippen LogP contribution in [-0.2, 0) is 22.7 Å². The van der Waals surface area contributed by atoms with Crippen molar-refractivity contribution in [2.75, 3.05) is 0 Å². The van der Waals surface area contributed by atoms with Crippen molar-refractivity contribution in [2.45, 2.75) is 25.9 Å². The van der Waals surface area contributed by atoms with Crippen LogP contribution in [-0.4, -0.2) is 31.1 Å². The van der Waals surface area contributed by atoms with Gasteiger partial charge in [0.25, 0.3) is 11.8 Å². The van der Waals surface area contributed by atoms with Crippen LogP contribution in [0, 0.1) is 0 Å². The lowest BCUT2D eigenvalue weighted by molar-refractivity contribution is -0.122. The summed E-state index contributed by atoms with van der Waals surface area (Å²) >= 11 is 0. The van der Waals surface area contributed by atoms with Crippen LogP contribution in [0.4, 0.5) is 0 Å². The molecule has 1 aliphatic rings. The van der Waals surface area contributed by atoms with E-state index in [1.165, 1.54) is 0 Å². The molecule has 1 N–H and O–H groups in total. The molecule has 1 aliphatic heterocycles. The first kappa shape index (κ1) is 20.2. The molecule has 8 nitrogen and oxygen atoms in total. The second-order valence-corrected chi connectivity index (χ2v) is 8.32. The number of rotatable bonds is 7. The highest BCUT2D eigenvalue weighted by Crippen LogP contribution is 2.37. The lowest BCUT2D eigenvalue weighted by atomic mass is 9.97. The number of fused-ring (bicyclic) bond motifs is 2. The number of carbonyl (C=O) groups excluding carboxylic acids is 2. The third kappa shape index (κ3) is 3.31. The van der Waals surface area contributed by atoms with Crippen molar-refractivity contribution < 1.29 is 14.1 Å². The summed E-state index contributed by atoms with van der Waals surface area (Å²) in [5.74, 6) is -0.883. The molecule has 0 spiro atoms. The molecule has 4 heterocycles. The van der Waals surface area contributed by atoms with Gasteiger partial charge in [-0.25, -0.2) is 4.98 Å². The van der Waals surface area contributed by atoms with Gasteiger partial charge < -0.3 is 13.7 Å². The Hall–Kier alpha value is -4.46. The zero-order valence-corrected chi connectivity index (χ0v) is 18.3. The number of amides is 2. The third-order valence-electron chi connectivity index (χ3n) is 6.23. The van der Waals surface area contributed by atoms with Crippen LogP contribution in [0.3, 0.4) is 0 Å². The van der Waals surface area contributed by atoms with E-state index < -0.39 is 11.8 Å². The van der Waals surface area contributed by atoms with Gasteiger partial charge in [-0.2, -0.15) is 0 Å². The van der Waals surface area contributed by atoms with Gasteiger partial charge in [-0.15, -0.1) is 0 Å². The van der Waals surface area contributed by atoms with Crippen molar-refractivity contribution in [3.63, 3.8) is 0 Å². The number of hydrogen-bond donors (Lipinski definition) is 1. The fraction of sp³-hybridized carbons (Fsp3) is 0.154. The Morgan fingerprint density at radius 1 is 0.882 bits per heavy atom.